The van der Waals surface area contributed by atoms with Gasteiger partial charge in [-0.2, -0.15) is 0 Å². The van der Waals surface area contributed by atoms with E-state index in [1.165, 1.54) is 11.3 Å². The molecule has 0 bridgehead atoms. The summed E-state index contributed by atoms with van der Waals surface area (Å²) in [5.74, 6) is -1.09. The van der Waals surface area contributed by atoms with Gasteiger partial charge in [0.05, 0.1) is 5.97 Å². The highest BCUT2D eigenvalue weighted by Crippen LogP contribution is 2.11. The summed E-state index contributed by atoms with van der Waals surface area (Å²) in [7, 11) is 0. The molecule has 0 amide bonds. The molecule has 1 heterocycles. The molecule has 9 heavy (non-hydrogen) atoms. The zero-order valence-electron chi connectivity index (χ0n) is 4.88. The zero-order chi connectivity index (χ0) is 6.85. The topological polar surface area (TPSA) is 40.1 Å². The Morgan fingerprint density at radius 3 is 2.67 bits per heavy atom. The van der Waals surface area contributed by atoms with E-state index in [0.717, 1.165) is 5.56 Å². The van der Waals surface area contributed by atoms with E-state index in [2.05, 4.69) is 0 Å². The van der Waals surface area contributed by atoms with Crippen LogP contribution in [-0.4, -0.2) is 5.97 Å². The van der Waals surface area contributed by atoms with Crippen LogP contribution in [-0.2, 0) is 0 Å². The molecule has 0 saturated heterocycles. The van der Waals surface area contributed by atoms with Crippen molar-refractivity contribution in [2.75, 3.05) is 0 Å². The molecule has 1 aromatic rings. The lowest BCUT2D eigenvalue weighted by Gasteiger charge is -1.92. The molecule has 0 spiro atoms. The largest absolute Gasteiger partial charge is 0.544 e. The molecule has 1 rings (SSSR count). The first-order chi connectivity index (χ1) is 4.20. The monoisotopic (exact) mass is 141 g/mol. The predicted octanol–water partition coefficient (Wildman–Crippen LogP) is 0.420. The molecule has 0 fully saturated rings. The van der Waals surface area contributed by atoms with Crippen molar-refractivity contribution in [1.29, 1.82) is 0 Å². The summed E-state index contributed by atoms with van der Waals surface area (Å²) < 4.78 is 0. The molecule has 0 aromatic carbocycles. The highest BCUT2D eigenvalue weighted by Gasteiger charge is 1.94. The highest BCUT2D eigenvalue weighted by atomic mass is 32.1. The number of thiophene rings is 1. The van der Waals surface area contributed by atoms with Crippen LogP contribution in [0.3, 0.4) is 0 Å². The fourth-order valence-corrected chi connectivity index (χ4v) is 1.27. The molecule has 0 aliphatic rings. The normalized spacial score (nSPS) is 9.44. The quantitative estimate of drug-likeness (QED) is 0.568. The number of carbonyl (C=O) groups is 1. The Hall–Kier alpha value is -0.830. The average Bonchev–Trinajstić information content (AvgIpc) is 2.14. The van der Waals surface area contributed by atoms with E-state index in [1.54, 1.807) is 11.4 Å². The SMILES string of the molecule is Cc1csc(C(=O)[O-])c1. The van der Waals surface area contributed by atoms with Crippen molar-refractivity contribution in [3.63, 3.8) is 0 Å². The minimum Gasteiger partial charge on any atom is -0.544 e. The minimum atomic E-state index is -1.09. The van der Waals surface area contributed by atoms with Crippen LogP contribution in [0.2, 0.25) is 0 Å². The van der Waals surface area contributed by atoms with E-state index >= 15 is 0 Å². The van der Waals surface area contributed by atoms with Gasteiger partial charge in [0.1, 0.15) is 0 Å². The maximum Gasteiger partial charge on any atom is 0.0815 e. The van der Waals surface area contributed by atoms with Crippen LogP contribution in [0.25, 0.3) is 0 Å². The van der Waals surface area contributed by atoms with Gasteiger partial charge in [0.25, 0.3) is 0 Å². The molecule has 0 atom stereocenters. The van der Waals surface area contributed by atoms with Crippen molar-refractivity contribution in [2.45, 2.75) is 6.92 Å². The van der Waals surface area contributed by atoms with E-state index in [1.807, 2.05) is 6.92 Å². The highest BCUT2D eigenvalue weighted by molar-refractivity contribution is 7.12. The molecular weight excluding hydrogens is 136 g/mol. The number of rotatable bonds is 1. The Morgan fingerprint density at radius 2 is 2.44 bits per heavy atom. The lowest BCUT2D eigenvalue weighted by Crippen LogP contribution is -2.20. The second-order valence-electron chi connectivity index (χ2n) is 1.78. The summed E-state index contributed by atoms with van der Waals surface area (Å²) >= 11 is 1.20. The van der Waals surface area contributed by atoms with Crippen LogP contribution < -0.4 is 5.11 Å². The summed E-state index contributed by atoms with van der Waals surface area (Å²) in [4.78, 5) is 10.4. The van der Waals surface area contributed by atoms with Gasteiger partial charge in [0, 0.05) is 4.88 Å². The molecule has 48 valence electrons. The van der Waals surface area contributed by atoms with Crippen molar-refractivity contribution in [2.24, 2.45) is 0 Å². The van der Waals surface area contributed by atoms with Crippen molar-refractivity contribution in [3.8, 4) is 0 Å². The first-order valence-electron chi connectivity index (χ1n) is 2.46. The lowest BCUT2D eigenvalue weighted by molar-refractivity contribution is -0.254. The van der Waals surface area contributed by atoms with Gasteiger partial charge in [-0.25, -0.2) is 0 Å². The zero-order valence-corrected chi connectivity index (χ0v) is 5.70. The molecule has 0 aliphatic carbocycles. The first-order valence-corrected chi connectivity index (χ1v) is 3.34. The molecule has 1 aromatic heterocycles. The maximum atomic E-state index is 10.1. The fourth-order valence-electron chi connectivity index (χ4n) is 0.538. The summed E-state index contributed by atoms with van der Waals surface area (Å²) in [5.41, 5.74) is 0.971. The Balaban J connectivity index is 2.98. The van der Waals surface area contributed by atoms with Gasteiger partial charge in [0.15, 0.2) is 0 Å². The Morgan fingerprint density at radius 1 is 1.78 bits per heavy atom. The second-order valence-corrected chi connectivity index (χ2v) is 2.69. The van der Waals surface area contributed by atoms with E-state index < -0.39 is 5.97 Å². The number of aromatic carboxylic acids is 1. The first kappa shape index (κ1) is 6.29. The van der Waals surface area contributed by atoms with Crippen LogP contribution in [0.15, 0.2) is 11.4 Å². The van der Waals surface area contributed by atoms with Crippen molar-refractivity contribution in [3.05, 3.63) is 21.9 Å². The Bertz CT molecular complexity index is 227. The van der Waals surface area contributed by atoms with Gasteiger partial charge in [-0.3, -0.25) is 0 Å². The molecule has 2 nitrogen and oxygen atoms in total. The van der Waals surface area contributed by atoms with Crippen LogP contribution in [0.1, 0.15) is 15.2 Å². The number of carbonyl (C=O) groups excluding carboxylic acids is 1. The van der Waals surface area contributed by atoms with E-state index in [9.17, 15) is 9.90 Å². The van der Waals surface area contributed by atoms with Crippen LogP contribution in [0.4, 0.5) is 0 Å². The minimum absolute atomic E-state index is 0.299. The number of aryl methyl sites for hydroxylation is 1. The maximum absolute atomic E-state index is 10.1. The summed E-state index contributed by atoms with van der Waals surface area (Å²) in [6.07, 6.45) is 0. The molecule has 0 unspecified atom stereocenters. The van der Waals surface area contributed by atoms with Gasteiger partial charge in [-0.1, -0.05) is 0 Å². The Kier molecular flexibility index (Phi) is 1.53. The van der Waals surface area contributed by atoms with E-state index in [4.69, 9.17) is 0 Å². The fraction of sp³-hybridized carbons (Fsp3) is 0.167. The number of carboxylic acids is 1. The van der Waals surface area contributed by atoms with E-state index in [0.29, 0.717) is 4.88 Å². The van der Waals surface area contributed by atoms with Gasteiger partial charge in [-0.05, 0) is 23.9 Å². The smallest absolute Gasteiger partial charge is 0.0815 e. The second kappa shape index (κ2) is 2.19. The predicted molar refractivity (Wildman–Crippen MR) is 33.4 cm³/mol. The van der Waals surface area contributed by atoms with Gasteiger partial charge >= 0.3 is 0 Å². The van der Waals surface area contributed by atoms with Crippen molar-refractivity contribution in [1.82, 2.24) is 0 Å². The molecule has 0 saturated carbocycles. The molecule has 0 radical (unpaired) electrons. The standard InChI is InChI=1S/C6H6O2S/c1-4-2-5(6(7)8)9-3-4/h2-3H,1H3,(H,7,8)/p-1. The number of hydrogen-bond donors (Lipinski definition) is 0. The molecule has 3 heteroatoms. The van der Waals surface area contributed by atoms with Crippen LogP contribution in [0, 0.1) is 6.92 Å². The molecule has 0 aliphatic heterocycles. The molecule has 0 N–H and O–H groups in total. The van der Waals surface area contributed by atoms with Crippen molar-refractivity contribution >= 4 is 17.3 Å². The van der Waals surface area contributed by atoms with Gasteiger partial charge in [0.2, 0.25) is 0 Å². The van der Waals surface area contributed by atoms with Crippen molar-refractivity contribution < 1.29 is 9.90 Å². The average molecular weight is 141 g/mol. The number of hydrogen-bond acceptors (Lipinski definition) is 3. The third kappa shape index (κ3) is 1.29. The van der Waals surface area contributed by atoms with Gasteiger partial charge < -0.3 is 9.90 Å². The summed E-state index contributed by atoms with van der Waals surface area (Å²) in [6.45, 7) is 1.85. The Labute approximate surface area is 56.8 Å². The number of carboxylic acid groups (broad SMARTS) is 1. The lowest BCUT2D eigenvalue weighted by atomic mass is 10.3. The van der Waals surface area contributed by atoms with Crippen LogP contribution in [0.5, 0.6) is 0 Å². The summed E-state index contributed by atoms with van der Waals surface area (Å²) in [6, 6.07) is 1.60. The third-order valence-electron chi connectivity index (χ3n) is 0.932. The van der Waals surface area contributed by atoms with Gasteiger partial charge in [-0.15, -0.1) is 11.3 Å². The van der Waals surface area contributed by atoms with E-state index in [-0.39, 0.29) is 0 Å². The summed E-state index contributed by atoms with van der Waals surface area (Å²) in [5, 5.41) is 11.9. The third-order valence-corrected chi connectivity index (χ3v) is 1.96. The molecular formula is C6H5O2S-. The van der Waals surface area contributed by atoms with Crippen LogP contribution >= 0.6 is 11.3 Å².